The van der Waals surface area contributed by atoms with Crippen molar-refractivity contribution >= 4 is 75.4 Å². The van der Waals surface area contributed by atoms with Crippen molar-refractivity contribution in [3.8, 4) is 56.5 Å². The molecule has 13 aromatic rings. The lowest BCUT2D eigenvalue weighted by Crippen LogP contribution is -2.04. The van der Waals surface area contributed by atoms with Gasteiger partial charge in [0.15, 0.2) is 0 Å². The lowest BCUT2D eigenvalue weighted by Gasteiger charge is -2.12. The van der Waals surface area contributed by atoms with Gasteiger partial charge < -0.3 is 4.57 Å². The SMILES string of the molecule is c1ccc(-c2cc(-c3ccccc3)nc(-n3c4ccccc4c4ccc(-c5ccc6c(c5)c5ccccc5n6-c5cncc(-c6ccc7sc8cccnc8c7n6)c5)cc43)n2)cc1. The van der Waals surface area contributed by atoms with Crippen LogP contribution in [-0.4, -0.2) is 34.1 Å². The van der Waals surface area contributed by atoms with E-state index in [-0.39, 0.29) is 0 Å². The van der Waals surface area contributed by atoms with Crippen LogP contribution in [0.3, 0.4) is 0 Å². The highest BCUT2D eigenvalue weighted by Gasteiger charge is 2.20. The van der Waals surface area contributed by atoms with Crippen LogP contribution in [0.1, 0.15) is 0 Å². The molecule has 0 aliphatic carbocycles. The predicted octanol–water partition coefficient (Wildman–Crippen LogP) is 13.9. The Labute approximate surface area is 364 Å². The van der Waals surface area contributed by atoms with Crippen molar-refractivity contribution in [3.63, 3.8) is 0 Å². The Balaban J connectivity index is 0.961. The first-order valence-electron chi connectivity index (χ1n) is 20.9. The molecule has 8 heteroatoms. The third-order valence-electron chi connectivity index (χ3n) is 12.1. The molecular weight excluding hydrogens is 791 g/mol. The molecule has 0 aliphatic rings. The molecule has 0 unspecified atom stereocenters. The van der Waals surface area contributed by atoms with Crippen LogP contribution in [-0.2, 0) is 0 Å². The standard InChI is InChI=1S/C55H33N7S/c1-3-12-34(13-4-1)45-31-46(35-14-5-2-6-15-35)60-55(59-45)62-48-19-10-7-16-40(48)42-23-21-37(30-50(42)62)36-22-25-49-43(29-36)41-17-8-9-18-47(41)61(49)39-28-38(32-56-33-39)44-24-26-52-54(58-44)53-51(63-52)20-11-27-57-53/h1-33H. The lowest BCUT2D eigenvalue weighted by molar-refractivity contribution is 0.996. The van der Waals surface area contributed by atoms with E-state index in [1.54, 1.807) is 11.3 Å². The van der Waals surface area contributed by atoms with Crippen LogP contribution in [0.15, 0.2) is 201 Å². The summed E-state index contributed by atoms with van der Waals surface area (Å²) in [5.74, 6) is 0.628. The maximum absolute atomic E-state index is 5.27. The molecule has 7 nitrogen and oxygen atoms in total. The van der Waals surface area contributed by atoms with Crippen LogP contribution in [0.4, 0.5) is 0 Å². The fourth-order valence-electron chi connectivity index (χ4n) is 9.16. The maximum atomic E-state index is 5.27. The Hall–Kier alpha value is -8.33. The van der Waals surface area contributed by atoms with Crippen LogP contribution >= 0.6 is 11.3 Å². The van der Waals surface area contributed by atoms with Gasteiger partial charge in [-0.05, 0) is 77.9 Å². The number of fused-ring (bicyclic) bond motifs is 9. The molecule has 0 N–H and O–H groups in total. The monoisotopic (exact) mass is 823 g/mol. The molecule has 0 atom stereocenters. The molecule has 6 aromatic carbocycles. The van der Waals surface area contributed by atoms with E-state index in [1.807, 2.05) is 36.8 Å². The third kappa shape index (κ3) is 5.76. The number of hydrogen-bond acceptors (Lipinski definition) is 6. The number of hydrogen-bond donors (Lipinski definition) is 0. The minimum absolute atomic E-state index is 0.628. The highest BCUT2D eigenvalue weighted by Crippen LogP contribution is 2.39. The van der Waals surface area contributed by atoms with Crippen molar-refractivity contribution in [1.82, 2.24) is 34.1 Å². The minimum atomic E-state index is 0.628. The molecule has 0 amide bonds. The van der Waals surface area contributed by atoms with Crippen molar-refractivity contribution in [2.24, 2.45) is 0 Å². The topological polar surface area (TPSA) is 74.3 Å². The number of benzene rings is 6. The van der Waals surface area contributed by atoms with Crippen molar-refractivity contribution in [2.45, 2.75) is 0 Å². The lowest BCUT2D eigenvalue weighted by atomic mass is 10.0. The van der Waals surface area contributed by atoms with Gasteiger partial charge in [-0.3, -0.25) is 14.5 Å². The molecule has 0 saturated carbocycles. The summed E-state index contributed by atoms with van der Waals surface area (Å²) in [6.45, 7) is 0. The fourth-order valence-corrected chi connectivity index (χ4v) is 10.2. The van der Waals surface area contributed by atoms with Gasteiger partial charge in [0.1, 0.15) is 11.0 Å². The van der Waals surface area contributed by atoms with E-state index in [4.69, 9.17) is 19.9 Å². The second-order valence-corrected chi connectivity index (χ2v) is 16.9. The Bertz CT molecular complexity index is 3870. The molecule has 0 aliphatic heterocycles. The van der Waals surface area contributed by atoms with Gasteiger partial charge in [-0.15, -0.1) is 11.3 Å². The van der Waals surface area contributed by atoms with E-state index in [0.29, 0.717) is 5.95 Å². The summed E-state index contributed by atoms with van der Waals surface area (Å²) in [6, 6.07) is 64.0. The third-order valence-corrected chi connectivity index (χ3v) is 13.2. The highest BCUT2D eigenvalue weighted by molar-refractivity contribution is 7.25. The van der Waals surface area contributed by atoms with Gasteiger partial charge in [0.05, 0.1) is 60.4 Å². The first kappa shape index (κ1) is 35.4. The van der Waals surface area contributed by atoms with Gasteiger partial charge >= 0.3 is 0 Å². The molecule has 0 radical (unpaired) electrons. The van der Waals surface area contributed by atoms with E-state index in [9.17, 15) is 0 Å². The van der Waals surface area contributed by atoms with Crippen LogP contribution in [0, 0.1) is 0 Å². The number of para-hydroxylation sites is 2. The van der Waals surface area contributed by atoms with E-state index in [0.717, 1.165) is 109 Å². The van der Waals surface area contributed by atoms with Crippen molar-refractivity contribution in [2.75, 3.05) is 0 Å². The van der Waals surface area contributed by atoms with Crippen molar-refractivity contribution in [3.05, 3.63) is 201 Å². The molecule has 13 rings (SSSR count). The fraction of sp³-hybridized carbons (Fsp3) is 0. The summed E-state index contributed by atoms with van der Waals surface area (Å²) in [5.41, 5.74) is 15.0. The quantitative estimate of drug-likeness (QED) is 0.167. The second-order valence-electron chi connectivity index (χ2n) is 15.8. The van der Waals surface area contributed by atoms with Crippen LogP contribution in [0.25, 0.3) is 121 Å². The van der Waals surface area contributed by atoms with Gasteiger partial charge in [0.2, 0.25) is 5.95 Å². The number of rotatable bonds is 6. The Morgan fingerprint density at radius 3 is 1.78 bits per heavy atom. The molecular formula is C55H33N7S. The van der Waals surface area contributed by atoms with Crippen LogP contribution < -0.4 is 0 Å². The summed E-state index contributed by atoms with van der Waals surface area (Å²) < 4.78 is 6.80. The van der Waals surface area contributed by atoms with Gasteiger partial charge in [0, 0.05) is 50.6 Å². The number of aromatic nitrogens is 7. The second kappa shape index (κ2) is 14.1. The normalized spacial score (nSPS) is 11.8. The molecule has 0 bridgehead atoms. The summed E-state index contributed by atoms with van der Waals surface area (Å²) in [4.78, 5) is 25.1. The zero-order chi connectivity index (χ0) is 41.4. The molecule has 294 valence electrons. The Kier molecular flexibility index (Phi) is 7.94. The van der Waals surface area contributed by atoms with E-state index < -0.39 is 0 Å². The molecule has 7 aromatic heterocycles. The Morgan fingerprint density at radius 2 is 1.00 bits per heavy atom. The first-order chi connectivity index (χ1) is 31.2. The van der Waals surface area contributed by atoms with Gasteiger partial charge in [0.25, 0.3) is 0 Å². The van der Waals surface area contributed by atoms with E-state index in [1.165, 1.54) is 5.39 Å². The zero-order valence-corrected chi connectivity index (χ0v) is 34.4. The number of thiophene rings is 1. The average molecular weight is 824 g/mol. The van der Waals surface area contributed by atoms with Crippen molar-refractivity contribution < 1.29 is 0 Å². The molecule has 0 fully saturated rings. The highest BCUT2D eigenvalue weighted by atomic mass is 32.1. The first-order valence-corrected chi connectivity index (χ1v) is 21.7. The van der Waals surface area contributed by atoms with Crippen LogP contribution in [0.5, 0.6) is 0 Å². The number of pyridine rings is 3. The summed E-state index contributed by atoms with van der Waals surface area (Å²) in [5, 5.41) is 4.63. The molecule has 0 spiro atoms. The largest absolute Gasteiger partial charge is 0.308 e. The smallest absolute Gasteiger partial charge is 0.235 e. The zero-order valence-electron chi connectivity index (χ0n) is 33.6. The minimum Gasteiger partial charge on any atom is -0.308 e. The van der Waals surface area contributed by atoms with Gasteiger partial charge in [-0.25, -0.2) is 15.0 Å². The molecule has 0 saturated heterocycles. The van der Waals surface area contributed by atoms with E-state index >= 15 is 0 Å². The summed E-state index contributed by atoms with van der Waals surface area (Å²) >= 11 is 1.72. The van der Waals surface area contributed by atoms with Crippen LogP contribution in [0.2, 0.25) is 0 Å². The van der Waals surface area contributed by atoms with Gasteiger partial charge in [-0.2, -0.15) is 0 Å². The maximum Gasteiger partial charge on any atom is 0.235 e. The molecule has 7 heterocycles. The molecule has 63 heavy (non-hydrogen) atoms. The number of nitrogens with zero attached hydrogens (tertiary/aromatic N) is 7. The summed E-state index contributed by atoms with van der Waals surface area (Å²) in [6.07, 6.45) is 5.67. The summed E-state index contributed by atoms with van der Waals surface area (Å²) in [7, 11) is 0. The predicted molar refractivity (Wildman–Crippen MR) is 259 cm³/mol. The van der Waals surface area contributed by atoms with Crippen molar-refractivity contribution in [1.29, 1.82) is 0 Å². The Morgan fingerprint density at radius 1 is 0.365 bits per heavy atom. The van der Waals surface area contributed by atoms with E-state index in [2.05, 4.69) is 178 Å². The average Bonchev–Trinajstić information content (AvgIpc) is 4.01. The van der Waals surface area contributed by atoms with Gasteiger partial charge in [-0.1, -0.05) is 115 Å².